The zero-order valence-corrected chi connectivity index (χ0v) is 21.5. The van der Waals surface area contributed by atoms with Gasteiger partial charge in [-0.3, -0.25) is 9.59 Å². The molecule has 0 spiro atoms. The van der Waals surface area contributed by atoms with Gasteiger partial charge in [-0.2, -0.15) is 0 Å². The summed E-state index contributed by atoms with van der Waals surface area (Å²) in [6.07, 6.45) is 2.36. The van der Waals surface area contributed by atoms with Gasteiger partial charge in [0.25, 0.3) is 0 Å². The van der Waals surface area contributed by atoms with Crippen molar-refractivity contribution in [3.63, 3.8) is 0 Å². The first-order valence-corrected chi connectivity index (χ1v) is 12.4. The SMILES string of the molecule is C[C@H](CC(=O)O)CC(=O)c1nc(-c2cccc(Cl)c2)n(C)c1CCCCOCc1cccc(Cl)c1. The number of hydrogen-bond donors (Lipinski definition) is 1. The van der Waals surface area contributed by atoms with Crippen molar-refractivity contribution in [2.75, 3.05) is 6.61 Å². The van der Waals surface area contributed by atoms with Crippen LogP contribution in [0.25, 0.3) is 11.4 Å². The molecule has 0 aliphatic heterocycles. The lowest BCUT2D eigenvalue weighted by molar-refractivity contribution is -0.137. The van der Waals surface area contributed by atoms with Gasteiger partial charge in [0.15, 0.2) is 5.78 Å². The van der Waals surface area contributed by atoms with Gasteiger partial charge in [0, 0.05) is 47.8 Å². The number of carbonyl (C=O) groups is 2. The lowest BCUT2D eigenvalue weighted by Crippen LogP contribution is -2.13. The molecule has 3 aromatic rings. The summed E-state index contributed by atoms with van der Waals surface area (Å²) >= 11 is 12.2. The van der Waals surface area contributed by atoms with Crippen molar-refractivity contribution < 1.29 is 19.4 Å². The van der Waals surface area contributed by atoms with Crippen LogP contribution >= 0.6 is 23.2 Å². The second kappa shape index (κ2) is 12.9. The fourth-order valence-corrected chi connectivity index (χ4v) is 4.43. The van der Waals surface area contributed by atoms with Gasteiger partial charge in [0.2, 0.25) is 0 Å². The largest absolute Gasteiger partial charge is 0.481 e. The molecule has 186 valence electrons. The average Bonchev–Trinajstić information content (AvgIpc) is 3.12. The Morgan fingerprint density at radius 1 is 1.06 bits per heavy atom. The predicted octanol–water partition coefficient (Wildman–Crippen LogP) is 6.62. The van der Waals surface area contributed by atoms with Crippen molar-refractivity contribution in [1.29, 1.82) is 0 Å². The van der Waals surface area contributed by atoms with Crippen molar-refractivity contribution in [3.05, 3.63) is 75.5 Å². The van der Waals surface area contributed by atoms with Gasteiger partial charge in [-0.25, -0.2) is 4.98 Å². The number of Topliss-reactive ketones (excluding diaryl/α,β-unsaturated/α-hetero) is 1. The van der Waals surface area contributed by atoms with Crippen LogP contribution in [0.3, 0.4) is 0 Å². The predicted molar refractivity (Wildman–Crippen MR) is 138 cm³/mol. The van der Waals surface area contributed by atoms with Gasteiger partial charge in [-0.1, -0.05) is 54.4 Å². The first kappa shape index (κ1) is 26.9. The van der Waals surface area contributed by atoms with Gasteiger partial charge >= 0.3 is 5.97 Å². The number of ketones is 1. The van der Waals surface area contributed by atoms with E-state index in [1.54, 1.807) is 13.0 Å². The first-order valence-electron chi connectivity index (χ1n) is 11.6. The molecule has 1 aromatic heterocycles. The fourth-order valence-electron chi connectivity index (χ4n) is 4.02. The number of carbonyl (C=O) groups excluding carboxylic acids is 1. The molecule has 35 heavy (non-hydrogen) atoms. The quantitative estimate of drug-likeness (QED) is 0.204. The van der Waals surface area contributed by atoms with Gasteiger partial charge in [-0.15, -0.1) is 0 Å². The minimum absolute atomic E-state index is 0.0565. The van der Waals surface area contributed by atoms with Crippen LogP contribution in [0.2, 0.25) is 10.0 Å². The lowest BCUT2D eigenvalue weighted by Gasteiger charge is -2.10. The standard InChI is InChI=1S/C27H30Cl2N2O4/c1-18(14-25(33)34)13-24(32)26-23(31(2)27(30-26)20-8-6-10-22(29)16-20)11-3-4-12-35-17-19-7-5-9-21(28)15-19/h5-10,15-16,18H,3-4,11-14,17H2,1-2H3,(H,33,34)/t18-/m0/s1. The Hall–Kier alpha value is -2.67. The number of halogens is 2. The zero-order chi connectivity index (χ0) is 25.4. The van der Waals surface area contributed by atoms with Crippen molar-refractivity contribution in [2.45, 2.75) is 45.6 Å². The first-order chi connectivity index (χ1) is 16.7. The molecule has 3 rings (SSSR count). The highest BCUT2D eigenvalue weighted by molar-refractivity contribution is 6.31. The van der Waals surface area contributed by atoms with Crippen LogP contribution in [0.15, 0.2) is 48.5 Å². The molecule has 1 atom stereocenters. The van der Waals surface area contributed by atoms with Crippen molar-refractivity contribution in [2.24, 2.45) is 13.0 Å². The van der Waals surface area contributed by atoms with E-state index in [0.29, 0.717) is 41.2 Å². The van der Waals surface area contributed by atoms with Gasteiger partial charge in [-0.05, 0) is 55.0 Å². The Balaban J connectivity index is 1.69. The van der Waals surface area contributed by atoms with Crippen LogP contribution < -0.4 is 0 Å². The van der Waals surface area contributed by atoms with Crippen LogP contribution in [0, 0.1) is 5.92 Å². The topological polar surface area (TPSA) is 81.4 Å². The maximum absolute atomic E-state index is 13.1. The number of unbranched alkanes of at least 4 members (excludes halogenated alkanes) is 1. The van der Waals surface area contributed by atoms with Crippen molar-refractivity contribution in [3.8, 4) is 11.4 Å². The van der Waals surface area contributed by atoms with Gasteiger partial charge < -0.3 is 14.4 Å². The molecule has 6 nitrogen and oxygen atoms in total. The molecular formula is C27H30Cl2N2O4. The Labute approximate surface area is 215 Å². The average molecular weight is 517 g/mol. The molecule has 8 heteroatoms. The molecule has 1 N–H and O–H groups in total. The smallest absolute Gasteiger partial charge is 0.303 e. The number of benzene rings is 2. The molecule has 0 aliphatic carbocycles. The normalized spacial score (nSPS) is 12.0. The highest BCUT2D eigenvalue weighted by atomic mass is 35.5. The number of carboxylic acids is 1. The summed E-state index contributed by atoms with van der Waals surface area (Å²) in [5.74, 6) is -0.669. The van der Waals surface area contributed by atoms with Gasteiger partial charge in [0.1, 0.15) is 11.5 Å². The third-order valence-electron chi connectivity index (χ3n) is 5.73. The summed E-state index contributed by atoms with van der Waals surface area (Å²) in [6, 6.07) is 15.0. The minimum Gasteiger partial charge on any atom is -0.481 e. The monoisotopic (exact) mass is 516 g/mol. The number of aromatic nitrogens is 2. The van der Waals surface area contributed by atoms with E-state index in [2.05, 4.69) is 4.98 Å². The van der Waals surface area contributed by atoms with Crippen LogP contribution in [0.1, 0.15) is 54.4 Å². The third-order valence-corrected chi connectivity index (χ3v) is 6.20. The maximum atomic E-state index is 13.1. The number of ether oxygens (including phenoxy) is 1. The Bertz CT molecular complexity index is 1180. The van der Waals surface area contributed by atoms with E-state index in [1.807, 2.05) is 54.1 Å². The number of carboxylic acid groups (broad SMARTS) is 1. The summed E-state index contributed by atoms with van der Waals surface area (Å²) in [5, 5.41) is 10.3. The van der Waals surface area contributed by atoms with Crippen LogP contribution in [0.4, 0.5) is 0 Å². The second-order valence-corrected chi connectivity index (χ2v) is 9.64. The maximum Gasteiger partial charge on any atom is 0.303 e. The summed E-state index contributed by atoms with van der Waals surface area (Å²) < 4.78 is 7.72. The minimum atomic E-state index is -0.913. The number of aliphatic carboxylic acids is 1. The van der Waals surface area contributed by atoms with Crippen molar-refractivity contribution >= 4 is 35.0 Å². The summed E-state index contributed by atoms with van der Waals surface area (Å²) in [7, 11) is 1.89. The third kappa shape index (κ3) is 7.92. The molecule has 0 bridgehead atoms. The molecule has 1 heterocycles. The summed E-state index contributed by atoms with van der Waals surface area (Å²) in [5.41, 5.74) is 3.09. The summed E-state index contributed by atoms with van der Waals surface area (Å²) in [6.45, 7) is 2.85. The molecule has 0 amide bonds. The molecule has 0 saturated heterocycles. The molecule has 2 aromatic carbocycles. The number of hydrogen-bond acceptors (Lipinski definition) is 4. The van der Waals surface area contributed by atoms with Crippen LogP contribution in [-0.2, 0) is 29.6 Å². The molecular weight excluding hydrogens is 487 g/mol. The number of imidazole rings is 1. The van der Waals surface area contributed by atoms with E-state index in [4.69, 9.17) is 33.0 Å². The fraction of sp³-hybridized carbons (Fsp3) is 0.370. The zero-order valence-electron chi connectivity index (χ0n) is 20.0. The summed E-state index contributed by atoms with van der Waals surface area (Å²) in [4.78, 5) is 28.8. The molecule has 0 fully saturated rings. The highest BCUT2D eigenvalue weighted by Crippen LogP contribution is 2.27. The Morgan fingerprint density at radius 3 is 2.46 bits per heavy atom. The van der Waals surface area contributed by atoms with E-state index in [0.717, 1.165) is 29.7 Å². The second-order valence-electron chi connectivity index (χ2n) is 8.77. The molecule has 0 radical (unpaired) electrons. The van der Waals surface area contributed by atoms with E-state index >= 15 is 0 Å². The molecule has 0 unspecified atom stereocenters. The highest BCUT2D eigenvalue weighted by Gasteiger charge is 2.23. The van der Waals surface area contributed by atoms with Crippen molar-refractivity contribution in [1.82, 2.24) is 9.55 Å². The van der Waals surface area contributed by atoms with E-state index in [9.17, 15) is 9.59 Å². The molecule has 0 saturated carbocycles. The van der Waals surface area contributed by atoms with Crippen LogP contribution in [0.5, 0.6) is 0 Å². The van der Waals surface area contributed by atoms with E-state index in [-0.39, 0.29) is 24.5 Å². The number of rotatable bonds is 13. The van der Waals surface area contributed by atoms with Gasteiger partial charge in [0.05, 0.1) is 6.61 Å². The Morgan fingerprint density at radius 2 is 1.77 bits per heavy atom. The molecule has 0 aliphatic rings. The number of nitrogens with zero attached hydrogens (tertiary/aromatic N) is 2. The lowest BCUT2D eigenvalue weighted by atomic mass is 9.98. The van der Waals surface area contributed by atoms with Crippen LogP contribution in [-0.4, -0.2) is 33.0 Å². The Kier molecular flexibility index (Phi) is 9.90. The van der Waals surface area contributed by atoms with E-state index in [1.165, 1.54) is 0 Å². The van der Waals surface area contributed by atoms with E-state index < -0.39 is 5.97 Å².